The van der Waals surface area contributed by atoms with Gasteiger partial charge in [0.1, 0.15) is 29.1 Å². The van der Waals surface area contributed by atoms with Crippen LogP contribution >= 0.6 is 0 Å². The number of halogens is 2. The zero-order chi connectivity index (χ0) is 18.4. The number of aromatic nitrogens is 2. The van der Waals surface area contributed by atoms with E-state index in [1.54, 1.807) is 24.3 Å². The van der Waals surface area contributed by atoms with Gasteiger partial charge in [0, 0.05) is 19.2 Å². The Morgan fingerprint density at radius 1 is 0.769 bits per heavy atom. The molecule has 0 radical (unpaired) electrons. The minimum atomic E-state index is -0.251. The molecule has 1 aromatic heterocycles. The average molecular weight is 354 g/mol. The number of aryl methyl sites for hydroxylation is 1. The molecule has 0 saturated carbocycles. The topological polar surface area (TPSA) is 49.8 Å². The van der Waals surface area contributed by atoms with E-state index in [-0.39, 0.29) is 11.6 Å². The second kappa shape index (κ2) is 8.38. The van der Waals surface area contributed by atoms with Crippen LogP contribution in [0.1, 0.15) is 17.0 Å². The first-order chi connectivity index (χ1) is 12.6. The number of rotatable bonds is 7. The Hall–Kier alpha value is -3.02. The van der Waals surface area contributed by atoms with Gasteiger partial charge in [-0.25, -0.2) is 18.7 Å². The maximum Gasteiger partial charge on any atom is 0.132 e. The van der Waals surface area contributed by atoms with Crippen LogP contribution < -0.4 is 10.6 Å². The maximum absolute atomic E-state index is 12.9. The van der Waals surface area contributed by atoms with Gasteiger partial charge < -0.3 is 10.6 Å². The van der Waals surface area contributed by atoms with Gasteiger partial charge in [0.25, 0.3) is 0 Å². The van der Waals surface area contributed by atoms with E-state index in [2.05, 4.69) is 20.6 Å². The summed E-state index contributed by atoms with van der Waals surface area (Å²) < 4.78 is 25.9. The molecule has 0 aliphatic rings. The van der Waals surface area contributed by atoms with Gasteiger partial charge in [-0.2, -0.15) is 0 Å². The minimum Gasteiger partial charge on any atom is -0.370 e. The Balaban J connectivity index is 1.56. The third-order valence-electron chi connectivity index (χ3n) is 3.86. The maximum atomic E-state index is 12.9. The van der Waals surface area contributed by atoms with Crippen molar-refractivity contribution >= 4 is 11.6 Å². The summed E-state index contributed by atoms with van der Waals surface area (Å²) >= 11 is 0. The normalized spacial score (nSPS) is 10.6. The first-order valence-electron chi connectivity index (χ1n) is 8.41. The molecule has 6 heteroatoms. The van der Waals surface area contributed by atoms with Crippen LogP contribution in [0.15, 0.2) is 54.6 Å². The second-order valence-corrected chi connectivity index (χ2v) is 5.97. The van der Waals surface area contributed by atoms with E-state index in [4.69, 9.17) is 0 Å². The van der Waals surface area contributed by atoms with Crippen molar-refractivity contribution < 1.29 is 8.78 Å². The highest BCUT2D eigenvalue weighted by Gasteiger charge is 2.03. The third kappa shape index (κ3) is 5.24. The number of nitrogens with one attached hydrogen (secondary N) is 2. The summed E-state index contributed by atoms with van der Waals surface area (Å²) in [6.07, 6.45) is 0.766. The van der Waals surface area contributed by atoms with Gasteiger partial charge in [-0.1, -0.05) is 24.3 Å². The summed E-state index contributed by atoms with van der Waals surface area (Å²) in [4.78, 5) is 8.74. The lowest BCUT2D eigenvalue weighted by Gasteiger charge is -2.10. The van der Waals surface area contributed by atoms with Crippen molar-refractivity contribution in [1.82, 2.24) is 9.97 Å². The molecule has 0 amide bonds. The molecule has 4 nitrogen and oxygen atoms in total. The Labute approximate surface area is 151 Å². The van der Waals surface area contributed by atoms with Crippen LogP contribution in [-0.2, 0) is 13.0 Å². The summed E-state index contributed by atoms with van der Waals surface area (Å²) in [5.41, 5.74) is 2.02. The molecule has 3 rings (SSSR count). The quantitative estimate of drug-likeness (QED) is 0.663. The van der Waals surface area contributed by atoms with Gasteiger partial charge >= 0.3 is 0 Å². The molecule has 1 heterocycles. The highest BCUT2D eigenvalue weighted by Crippen LogP contribution is 2.13. The fourth-order valence-corrected chi connectivity index (χ4v) is 2.53. The van der Waals surface area contributed by atoms with Crippen molar-refractivity contribution in [1.29, 1.82) is 0 Å². The Morgan fingerprint density at radius 2 is 1.31 bits per heavy atom. The Morgan fingerprint density at radius 3 is 1.92 bits per heavy atom. The number of hydrogen-bond donors (Lipinski definition) is 2. The Bertz CT molecular complexity index is 849. The average Bonchev–Trinajstić information content (AvgIpc) is 2.63. The van der Waals surface area contributed by atoms with Gasteiger partial charge in [0.2, 0.25) is 0 Å². The molecular weight excluding hydrogens is 334 g/mol. The van der Waals surface area contributed by atoms with Gasteiger partial charge in [-0.15, -0.1) is 0 Å². The summed E-state index contributed by atoms with van der Waals surface area (Å²) in [5.74, 6) is 1.59. The van der Waals surface area contributed by atoms with Crippen molar-refractivity contribution in [2.75, 3.05) is 17.2 Å². The zero-order valence-corrected chi connectivity index (χ0v) is 14.5. The molecule has 3 aromatic rings. The molecule has 0 unspecified atom stereocenters. The van der Waals surface area contributed by atoms with Gasteiger partial charge in [-0.05, 0) is 48.7 Å². The van der Waals surface area contributed by atoms with E-state index in [1.165, 1.54) is 24.3 Å². The molecule has 0 fully saturated rings. The molecule has 2 aromatic carbocycles. The summed E-state index contributed by atoms with van der Waals surface area (Å²) in [6.45, 7) is 3.06. The molecule has 2 N–H and O–H groups in total. The third-order valence-corrected chi connectivity index (χ3v) is 3.86. The van der Waals surface area contributed by atoms with Crippen molar-refractivity contribution in [3.8, 4) is 0 Å². The van der Waals surface area contributed by atoms with Crippen LogP contribution in [0, 0.1) is 18.6 Å². The van der Waals surface area contributed by atoms with Crippen LogP contribution in [0.25, 0.3) is 0 Å². The molecule has 26 heavy (non-hydrogen) atoms. The molecule has 0 atom stereocenters. The summed E-state index contributed by atoms with van der Waals surface area (Å²) in [6, 6.07) is 14.6. The van der Waals surface area contributed by atoms with E-state index in [0.717, 1.165) is 23.4 Å². The Kier molecular flexibility index (Phi) is 5.73. The number of hydrogen-bond acceptors (Lipinski definition) is 4. The lowest BCUT2D eigenvalue weighted by Crippen LogP contribution is -2.09. The molecule has 0 aliphatic heterocycles. The highest BCUT2D eigenvalue weighted by atomic mass is 19.1. The lowest BCUT2D eigenvalue weighted by atomic mass is 10.1. The number of nitrogens with zero attached hydrogens (tertiary/aromatic N) is 2. The first-order valence-corrected chi connectivity index (χ1v) is 8.41. The fourth-order valence-electron chi connectivity index (χ4n) is 2.53. The molecule has 0 saturated heterocycles. The monoisotopic (exact) mass is 354 g/mol. The molecule has 0 aliphatic carbocycles. The number of benzene rings is 2. The predicted molar refractivity (Wildman–Crippen MR) is 99.1 cm³/mol. The van der Waals surface area contributed by atoms with Gasteiger partial charge in [0.05, 0.1) is 0 Å². The van der Waals surface area contributed by atoms with Crippen LogP contribution in [0.5, 0.6) is 0 Å². The smallest absolute Gasteiger partial charge is 0.132 e. The van der Waals surface area contributed by atoms with E-state index in [9.17, 15) is 8.78 Å². The standard InChI is InChI=1S/C20H20F2N4/c1-14-25-19(23-11-10-15-2-6-17(21)7-3-15)12-20(26-14)24-13-16-4-8-18(22)9-5-16/h2-9,12H,10-11,13H2,1H3,(H2,23,24,25,26). The van der Waals surface area contributed by atoms with Crippen molar-refractivity contribution in [3.05, 3.63) is 83.2 Å². The van der Waals surface area contributed by atoms with Crippen molar-refractivity contribution in [2.24, 2.45) is 0 Å². The van der Waals surface area contributed by atoms with E-state index in [0.29, 0.717) is 24.7 Å². The fraction of sp³-hybridized carbons (Fsp3) is 0.200. The zero-order valence-electron chi connectivity index (χ0n) is 14.5. The minimum absolute atomic E-state index is 0.231. The summed E-state index contributed by atoms with van der Waals surface area (Å²) in [7, 11) is 0. The van der Waals surface area contributed by atoms with Crippen LogP contribution in [0.2, 0.25) is 0 Å². The van der Waals surface area contributed by atoms with E-state index >= 15 is 0 Å². The lowest BCUT2D eigenvalue weighted by molar-refractivity contribution is 0.626. The number of anilines is 2. The molecular formula is C20H20F2N4. The van der Waals surface area contributed by atoms with Gasteiger partial charge in [-0.3, -0.25) is 0 Å². The van der Waals surface area contributed by atoms with Gasteiger partial charge in [0.15, 0.2) is 0 Å². The SMILES string of the molecule is Cc1nc(NCCc2ccc(F)cc2)cc(NCc2ccc(F)cc2)n1. The highest BCUT2D eigenvalue weighted by molar-refractivity contribution is 5.48. The van der Waals surface area contributed by atoms with Crippen molar-refractivity contribution in [3.63, 3.8) is 0 Å². The van der Waals surface area contributed by atoms with Crippen LogP contribution in [0.3, 0.4) is 0 Å². The largest absolute Gasteiger partial charge is 0.370 e. The van der Waals surface area contributed by atoms with Crippen LogP contribution in [-0.4, -0.2) is 16.5 Å². The molecule has 0 spiro atoms. The summed E-state index contributed by atoms with van der Waals surface area (Å²) in [5, 5.41) is 6.48. The predicted octanol–water partition coefficient (Wildman–Crippen LogP) is 4.33. The first kappa shape index (κ1) is 17.8. The second-order valence-electron chi connectivity index (χ2n) is 5.97. The van der Waals surface area contributed by atoms with E-state index in [1.807, 2.05) is 13.0 Å². The van der Waals surface area contributed by atoms with Crippen LogP contribution in [0.4, 0.5) is 20.4 Å². The molecule has 134 valence electrons. The molecule has 0 bridgehead atoms. The van der Waals surface area contributed by atoms with E-state index < -0.39 is 0 Å². The van der Waals surface area contributed by atoms with Crippen molar-refractivity contribution in [2.45, 2.75) is 19.9 Å².